The molecule has 0 spiro atoms. The summed E-state index contributed by atoms with van der Waals surface area (Å²) >= 11 is 6.25. The van der Waals surface area contributed by atoms with Crippen molar-refractivity contribution in [3.63, 3.8) is 0 Å². The lowest BCUT2D eigenvalue weighted by Gasteiger charge is -2.23. The van der Waals surface area contributed by atoms with Gasteiger partial charge in [0.2, 0.25) is 0 Å². The summed E-state index contributed by atoms with van der Waals surface area (Å²) in [6.07, 6.45) is -0.783. The molecule has 0 bridgehead atoms. The molecule has 1 aromatic heterocycles. The molecule has 0 atom stereocenters. The van der Waals surface area contributed by atoms with E-state index >= 15 is 0 Å². The highest BCUT2D eigenvalue weighted by molar-refractivity contribution is 6.31. The first-order chi connectivity index (χ1) is 16.4. The predicted octanol–water partition coefficient (Wildman–Crippen LogP) is 5.79. The van der Waals surface area contributed by atoms with Crippen LogP contribution < -0.4 is 15.2 Å². The number of aryl methyl sites for hydroxylation is 1. The maximum Gasteiger partial charge on any atom is 0.433 e. The molecule has 1 heterocycles. The van der Waals surface area contributed by atoms with Crippen molar-refractivity contribution in [3.8, 4) is 17.0 Å². The average Bonchev–Trinajstić information content (AvgIpc) is 2.87. The van der Waals surface area contributed by atoms with E-state index in [1.807, 2.05) is 49.4 Å². The zero-order valence-corrected chi connectivity index (χ0v) is 19.6. The van der Waals surface area contributed by atoms with Gasteiger partial charge < -0.3 is 9.47 Å². The standard InChI is InChI=1S/C26H22ClN3O4/c1-16-13-14-18(15-20(16)27)30(26(32)34-3)29-25(31)22-19-11-7-8-12-21(19)28-23(24(22)33-2)17-9-5-4-6-10-17/h4-15H,1-3H3,(H,29,31). The fourth-order valence-corrected chi connectivity index (χ4v) is 3.77. The van der Waals surface area contributed by atoms with Crippen molar-refractivity contribution < 1.29 is 19.1 Å². The Morgan fingerprint density at radius 1 is 0.971 bits per heavy atom. The van der Waals surface area contributed by atoms with E-state index in [0.717, 1.165) is 16.1 Å². The van der Waals surface area contributed by atoms with Gasteiger partial charge in [-0.1, -0.05) is 66.2 Å². The number of para-hydroxylation sites is 1. The van der Waals surface area contributed by atoms with Crippen molar-refractivity contribution in [2.75, 3.05) is 19.2 Å². The summed E-state index contributed by atoms with van der Waals surface area (Å²) < 4.78 is 10.6. The molecule has 4 rings (SSSR count). The van der Waals surface area contributed by atoms with Gasteiger partial charge in [0.1, 0.15) is 5.69 Å². The zero-order valence-electron chi connectivity index (χ0n) is 18.8. The number of fused-ring (bicyclic) bond motifs is 1. The van der Waals surface area contributed by atoms with Crippen molar-refractivity contribution in [3.05, 3.63) is 88.9 Å². The third kappa shape index (κ3) is 4.38. The molecule has 3 aromatic carbocycles. The van der Waals surface area contributed by atoms with Gasteiger partial charge in [0.15, 0.2) is 5.75 Å². The second-order valence-corrected chi connectivity index (χ2v) is 7.84. The molecule has 0 saturated heterocycles. The van der Waals surface area contributed by atoms with Crippen LogP contribution in [0.5, 0.6) is 5.75 Å². The Morgan fingerprint density at radius 2 is 1.68 bits per heavy atom. The number of anilines is 1. The van der Waals surface area contributed by atoms with E-state index in [2.05, 4.69) is 5.43 Å². The van der Waals surface area contributed by atoms with Crippen LogP contribution >= 0.6 is 11.6 Å². The molecule has 4 aromatic rings. The quantitative estimate of drug-likeness (QED) is 0.378. The van der Waals surface area contributed by atoms with Crippen LogP contribution in [-0.4, -0.2) is 31.2 Å². The summed E-state index contributed by atoms with van der Waals surface area (Å²) in [4.78, 5) is 31.0. The maximum atomic E-state index is 13.7. The molecule has 0 aliphatic carbocycles. The molecular weight excluding hydrogens is 454 g/mol. The van der Waals surface area contributed by atoms with Gasteiger partial charge in [-0.15, -0.1) is 0 Å². The van der Waals surface area contributed by atoms with Gasteiger partial charge in [-0.25, -0.2) is 9.78 Å². The van der Waals surface area contributed by atoms with Crippen LogP contribution in [-0.2, 0) is 4.74 Å². The van der Waals surface area contributed by atoms with Gasteiger partial charge in [0, 0.05) is 16.0 Å². The summed E-state index contributed by atoms with van der Waals surface area (Å²) in [6, 6.07) is 21.6. The van der Waals surface area contributed by atoms with E-state index in [1.54, 1.807) is 30.3 Å². The van der Waals surface area contributed by atoms with Gasteiger partial charge in [-0.3, -0.25) is 10.2 Å². The van der Waals surface area contributed by atoms with Crippen LogP contribution in [0.4, 0.5) is 10.5 Å². The fourth-order valence-electron chi connectivity index (χ4n) is 3.60. The molecule has 1 N–H and O–H groups in total. The number of carbonyl (C=O) groups excluding carboxylic acids is 2. The Hall–Kier alpha value is -4.10. The van der Waals surface area contributed by atoms with E-state index in [-0.39, 0.29) is 11.3 Å². The number of hydrogen-bond acceptors (Lipinski definition) is 5. The van der Waals surface area contributed by atoms with Crippen LogP contribution in [0.15, 0.2) is 72.8 Å². The number of hydrazine groups is 1. The highest BCUT2D eigenvalue weighted by Crippen LogP contribution is 2.36. The lowest BCUT2D eigenvalue weighted by Crippen LogP contribution is -2.46. The fraction of sp³-hybridized carbons (Fsp3) is 0.115. The highest BCUT2D eigenvalue weighted by Gasteiger charge is 2.26. The van der Waals surface area contributed by atoms with Gasteiger partial charge in [-0.2, -0.15) is 5.01 Å². The predicted molar refractivity (Wildman–Crippen MR) is 132 cm³/mol. The van der Waals surface area contributed by atoms with E-state index < -0.39 is 12.0 Å². The number of ether oxygens (including phenoxy) is 2. The van der Waals surface area contributed by atoms with E-state index in [4.69, 9.17) is 26.1 Å². The highest BCUT2D eigenvalue weighted by atomic mass is 35.5. The lowest BCUT2D eigenvalue weighted by molar-refractivity contribution is 0.0939. The van der Waals surface area contributed by atoms with Crippen LogP contribution in [0.3, 0.4) is 0 Å². The second-order valence-electron chi connectivity index (χ2n) is 7.43. The Kier molecular flexibility index (Phi) is 6.65. The molecule has 0 saturated carbocycles. The molecule has 0 aliphatic heterocycles. The minimum Gasteiger partial charge on any atom is -0.494 e. The first kappa shape index (κ1) is 23.1. The number of rotatable bonds is 4. The smallest absolute Gasteiger partial charge is 0.433 e. The Labute approximate surface area is 201 Å². The van der Waals surface area contributed by atoms with Crippen molar-refractivity contribution in [1.29, 1.82) is 0 Å². The summed E-state index contributed by atoms with van der Waals surface area (Å²) in [5, 5.41) is 2.02. The molecule has 0 aliphatic rings. The van der Waals surface area contributed by atoms with Crippen LogP contribution in [0.25, 0.3) is 22.2 Å². The normalized spacial score (nSPS) is 10.6. The number of carbonyl (C=O) groups is 2. The molecule has 172 valence electrons. The van der Waals surface area contributed by atoms with Crippen LogP contribution in [0.2, 0.25) is 5.02 Å². The number of nitrogens with one attached hydrogen (secondary N) is 1. The van der Waals surface area contributed by atoms with Crippen LogP contribution in [0, 0.1) is 6.92 Å². The molecule has 0 unspecified atom stereocenters. The number of aromatic nitrogens is 1. The third-order valence-corrected chi connectivity index (χ3v) is 5.72. The first-order valence-corrected chi connectivity index (χ1v) is 10.8. The zero-order chi connectivity index (χ0) is 24.2. The van der Waals surface area contributed by atoms with Gasteiger partial charge >= 0.3 is 6.09 Å². The Bertz CT molecular complexity index is 1380. The number of benzene rings is 3. The van der Waals surface area contributed by atoms with Crippen molar-refractivity contribution in [2.24, 2.45) is 0 Å². The van der Waals surface area contributed by atoms with E-state index in [9.17, 15) is 9.59 Å². The number of halogens is 1. The first-order valence-electron chi connectivity index (χ1n) is 10.4. The lowest BCUT2D eigenvalue weighted by atomic mass is 10.0. The van der Waals surface area contributed by atoms with E-state index in [0.29, 0.717) is 27.3 Å². The van der Waals surface area contributed by atoms with E-state index in [1.165, 1.54) is 14.2 Å². The second kappa shape index (κ2) is 9.80. The summed E-state index contributed by atoms with van der Waals surface area (Å²) in [7, 11) is 2.71. The topological polar surface area (TPSA) is 80.8 Å². The third-order valence-electron chi connectivity index (χ3n) is 5.31. The van der Waals surface area contributed by atoms with Crippen molar-refractivity contribution >= 4 is 40.2 Å². The van der Waals surface area contributed by atoms with Crippen molar-refractivity contribution in [2.45, 2.75) is 6.92 Å². The molecule has 8 heteroatoms. The number of hydrogen-bond donors (Lipinski definition) is 1. The summed E-state index contributed by atoms with van der Waals surface area (Å²) in [6.45, 7) is 1.84. The minimum atomic E-state index is -0.783. The number of methoxy groups -OCH3 is 2. The molecule has 7 nitrogen and oxygen atoms in total. The molecule has 2 amide bonds. The largest absolute Gasteiger partial charge is 0.494 e. The number of nitrogens with zero attached hydrogens (tertiary/aromatic N) is 2. The summed E-state index contributed by atoms with van der Waals surface area (Å²) in [5.74, 6) is -0.288. The monoisotopic (exact) mass is 475 g/mol. The maximum absolute atomic E-state index is 13.7. The molecule has 0 radical (unpaired) electrons. The Balaban J connectivity index is 1.86. The Morgan fingerprint density at radius 3 is 2.35 bits per heavy atom. The van der Waals surface area contributed by atoms with Gasteiger partial charge in [0.05, 0.1) is 31.0 Å². The SMILES string of the molecule is COC(=O)N(NC(=O)c1c(OC)c(-c2ccccc2)nc2ccccc12)c1ccc(C)c(Cl)c1. The minimum absolute atomic E-state index is 0.235. The van der Waals surface area contributed by atoms with Crippen LogP contribution in [0.1, 0.15) is 15.9 Å². The molecule has 0 fully saturated rings. The average molecular weight is 476 g/mol. The molecule has 34 heavy (non-hydrogen) atoms. The number of pyridine rings is 1. The summed E-state index contributed by atoms with van der Waals surface area (Å²) in [5.41, 5.74) is 5.96. The molecular formula is C26H22ClN3O4. The van der Waals surface area contributed by atoms with Crippen molar-refractivity contribution in [1.82, 2.24) is 10.4 Å². The van der Waals surface area contributed by atoms with Gasteiger partial charge in [0.25, 0.3) is 5.91 Å². The van der Waals surface area contributed by atoms with Gasteiger partial charge in [-0.05, 0) is 30.7 Å². The number of amides is 2.